The molecule has 1 aromatic heterocycles. The monoisotopic (exact) mass is 268 g/mol. The van der Waals surface area contributed by atoms with Crippen LogP contribution in [-0.2, 0) is 13.0 Å². The number of aromatic nitrogens is 1. The normalized spacial score (nSPS) is 15.6. The van der Waals surface area contributed by atoms with E-state index in [4.69, 9.17) is 0 Å². The van der Waals surface area contributed by atoms with Crippen LogP contribution >= 0.6 is 15.9 Å². The Labute approximate surface area is 95.0 Å². The molecule has 15 heavy (non-hydrogen) atoms. The van der Waals surface area contributed by atoms with Gasteiger partial charge in [-0.15, -0.1) is 0 Å². The van der Waals surface area contributed by atoms with E-state index in [-0.39, 0.29) is 5.82 Å². The molecule has 0 bridgehead atoms. The Balaban J connectivity index is 2.33. The molecule has 1 aliphatic rings. The Morgan fingerprint density at radius 1 is 1.33 bits per heavy atom. The maximum atomic E-state index is 13.4. The SMILES string of the molecule is Fc1cc2c3c([nH]c2cc1Br)CNCC3. The van der Waals surface area contributed by atoms with E-state index in [0.717, 1.165) is 30.4 Å². The highest BCUT2D eigenvalue weighted by atomic mass is 79.9. The van der Waals surface area contributed by atoms with Gasteiger partial charge >= 0.3 is 0 Å². The number of fused-ring (bicyclic) bond motifs is 3. The average Bonchev–Trinajstić information content (AvgIpc) is 2.57. The van der Waals surface area contributed by atoms with Crippen LogP contribution in [0.1, 0.15) is 11.3 Å². The summed E-state index contributed by atoms with van der Waals surface area (Å²) >= 11 is 3.20. The first-order valence-electron chi connectivity index (χ1n) is 4.95. The summed E-state index contributed by atoms with van der Waals surface area (Å²) in [5, 5.41) is 4.31. The molecule has 0 aliphatic carbocycles. The first kappa shape index (κ1) is 9.36. The number of rotatable bonds is 0. The molecule has 2 nitrogen and oxygen atoms in total. The molecule has 3 rings (SSSR count). The summed E-state index contributed by atoms with van der Waals surface area (Å²) in [5.41, 5.74) is 3.46. The van der Waals surface area contributed by atoms with Gasteiger partial charge in [0.05, 0.1) is 4.47 Å². The lowest BCUT2D eigenvalue weighted by molar-refractivity contribution is 0.622. The molecule has 0 amide bonds. The van der Waals surface area contributed by atoms with Gasteiger partial charge in [0.2, 0.25) is 0 Å². The molecule has 0 saturated heterocycles. The van der Waals surface area contributed by atoms with E-state index < -0.39 is 0 Å². The Hall–Kier alpha value is -0.870. The van der Waals surface area contributed by atoms with Crippen LogP contribution in [0.5, 0.6) is 0 Å². The molecule has 0 saturated carbocycles. The number of benzene rings is 1. The maximum absolute atomic E-state index is 13.4. The predicted molar refractivity (Wildman–Crippen MR) is 61.4 cm³/mol. The second-order valence-electron chi connectivity index (χ2n) is 3.82. The second kappa shape index (κ2) is 3.32. The molecule has 0 radical (unpaired) electrons. The molecule has 0 spiro atoms. The molecule has 1 aliphatic heterocycles. The summed E-state index contributed by atoms with van der Waals surface area (Å²) in [6.45, 7) is 1.82. The summed E-state index contributed by atoms with van der Waals surface area (Å²) in [6.07, 6.45) is 0.969. The van der Waals surface area contributed by atoms with Crippen molar-refractivity contribution in [3.8, 4) is 0 Å². The fraction of sp³-hybridized carbons (Fsp3) is 0.273. The van der Waals surface area contributed by atoms with Crippen LogP contribution in [0.25, 0.3) is 10.9 Å². The van der Waals surface area contributed by atoms with Gasteiger partial charge in [0, 0.05) is 23.1 Å². The van der Waals surface area contributed by atoms with Gasteiger partial charge in [0.1, 0.15) is 5.82 Å². The topological polar surface area (TPSA) is 27.8 Å². The van der Waals surface area contributed by atoms with Gasteiger partial charge in [0.15, 0.2) is 0 Å². The van der Waals surface area contributed by atoms with Gasteiger partial charge in [-0.25, -0.2) is 4.39 Å². The summed E-state index contributed by atoms with van der Waals surface area (Å²) in [6, 6.07) is 3.42. The van der Waals surface area contributed by atoms with Crippen molar-refractivity contribution in [1.82, 2.24) is 10.3 Å². The summed E-state index contributed by atoms with van der Waals surface area (Å²) in [7, 11) is 0. The molecular weight excluding hydrogens is 259 g/mol. The van der Waals surface area contributed by atoms with Crippen molar-refractivity contribution in [3.05, 3.63) is 33.7 Å². The van der Waals surface area contributed by atoms with Gasteiger partial charge in [-0.3, -0.25) is 0 Å². The van der Waals surface area contributed by atoms with Crippen LogP contribution in [-0.4, -0.2) is 11.5 Å². The Morgan fingerprint density at radius 2 is 2.20 bits per heavy atom. The number of aromatic amines is 1. The summed E-state index contributed by atoms with van der Waals surface area (Å²) < 4.78 is 13.9. The standard InChI is InChI=1S/C11H10BrFN2/c12-8-4-10-7(3-9(8)13)6-1-2-14-5-11(6)15-10/h3-4,14-15H,1-2,5H2. The van der Waals surface area contributed by atoms with Crippen LogP contribution in [0.2, 0.25) is 0 Å². The molecule has 0 fully saturated rings. The lowest BCUT2D eigenvalue weighted by Crippen LogP contribution is -2.22. The van der Waals surface area contributed by atoms with E-state index in [1.165, 1.54) is 11.3 Å². The minimum absolute atomic E-state index is 0.192. The van der Waals surface area contributed by atoms with Gasteiger partial charge < -0.3 is 10.3 Å². The van der Waals surface area contributed by atoms with Crippen LogP contribution in [0.4, 0.5) is 4.39 Å². The molecule has 78 valence electrons. The lowest BCUT2D eigenvalue weighted by atomic mass is 10.0. The minimum Gasteiger partial charge on any atom is -0.357 e. The molecule has 4 heteroatoms. The molecule has 2 heterocycles. The summed E-state index contributed by atoms with van der Waals surface area (Å²) in [4.78, 5) is 3.32. The largest absolute Gasteiger partial charge is 0.357 e. The van der Waals surface area contributed by atoms with Gasteiger partial charge in [0.25, 0.3) is 0 Å². The minimum atomic E-state index is -0.192. The first-order chi connectivity index (χ1) is 7.25. The van der Waals surface area contributed by atoms with E-state index in [9.17, 15) is 4.39 Å². The third kappa shape index (κ3) is 1.40. The highest BCUT2D eigenvalue weighted by molar-refractivity contribution is 9.10. The molecule has 2 aromatic rings. The molecule has 2 N–H and O–H groups in total. The number of hydrogen-bond acceptors (Lipinski definition) is 1. The number of H-pyrrole nitrogens is 1. The number of halogens is 2. The Morgan fingerprint density at radius 3 is 3.07 bits per heavy atom. The molecular formula is C11H10BrFN2. The zero-order valence-corrected chi connectivity index (χ0v) is 9.62. The smallest absolute Gasteiger partial charge is 0.138 e. The van der Waals surface area contributed by atoms with Crippen molar-refractivity contribution in [3.63, 3.8) is 0 Å². The number of hydrogen-bond donors (Lipinski definition) is 2. The van der Waals surface area contributed by atoms with E-state index in [0.29, 0.717) is 4.47 Å². The number of nitrogens with one attached hydrogen (secondary N) is 2. The lowest BCUT2D eigenvalue weighted by Gasteiger charge is -2.12. The predicted octanol–water partition coefficient (Wildman–Crippen LogP) is 2.72. The highest BCUT2D eigenvalue weighted by Crippen LogP contribution is 2.29. The van der Waals surface area contributed by atoms with Crippen molar-refractivity contribution in [2.45, 2.75) is 13.0 Å². The van der Waals surface area contributed by atoms with Gasteiger partial charge in [-0.05, 0) is 46.6 Å². The second-order valence-corrected chi connectivity index (χ2v) is 4.68. The van der Waals surface area contributed by atoms with Crippen LogP contribution < -0.4 is 5.32 Å². The van der Waals surface area contributed by atoms with E-state index in [2.05, 4.69) is 26.2 Å². The van der Waals surface area contributed by atoms with Gasteiger partial charge in [-0.2, -0.15) is 0 Å². The highest BCUT2D eigenvalue weighted by Gasteiger charge is 2.16. The van der Waals surface area contributed by atoms with Crippen molar-refractivity contribution >= 4 is 26.8 Å². The third-order valence-electron chi connectivity index (χ3n) is 2.89. The maximum Gasteiger partial charge on any atom is 0.138 e. The van der Waals surface area contributed by atoms with Crippen LogP contribution in [0.3, 0.4) is 0 Å². The molecule has 0 atom stereocenters. The first-order valence-corrected chi connectivity index (χ1v) is 5.74. The van der Waals surface area contributed by atoms with Gasteiger partial charge in [-0.1, -0.05) is 0 Å². The van der Waals surface area contributed by atoms with Crippen LogP contribution in [0, 0.1) is 5.82 Å². The van der Waals surface area contributed by atoms with E-state index in [1.807, 2.05) is 6.07 Å². The molecule has 0 unspecified atom stereocenters. The van der Waals surface area contributed by atoms with Crippen molar-refractivity contribution in [1.29, 1.82) is 0 Å². The van der Waals surface area contributed by atoms with Crippen molar-refractivity contribution in [2.75, 3.05) is 6.54 Å². The molecule has 1 aromatic carbocycles. The average molecular weight is 269 g/mol. The Bertz CT molecular complexity index is 533. The zero-order valence-electron chi connectivity index (χ0n) is 8.03. The quantitative estimate of drug-likeness (QED) is 0.756. The van der Waals surface area contributed by atoms with Crippen LogP contribution in [0.15, 0.2) is 16.6 Å². The van der Waals surface area contributed by atoms with E-state index >= 15 is 0 Å². The van der Waals surface area contributed by atoms with Crippen molar-refractivity contribution < 1.29 is 4.39 Å². The Kier molecular flexibility index (Phi) is 2.07. The van der Waals surface area contributed by atoms with Crippen molar-refractivity contribution in [2.24, 2.45) is 0 Å². The zero-order chi connectivity index (χ0) is 10.4. The fourth-order valence-corrected chi connectivity index (χ4v) is 2.51. The van der Waals surface area contributed by atoms with E-state index in [1.54, 1.807) is 6.07 Å². The third-order valence-corrected chi connectivity index (χ3v) is 3.50. The summed E-state index contributed by atoms with van der Waals surface area (Å²) in [5.74, 6) is -0.192. The fourth-order valence-electron chi connectivity index (χ4n) is 2.16.